The Bertz CT molecular complexity index is 312. The van der Waals surface area contributed by atoms with Crippen molar-refractivity contribution in [3.05, 3.63) is 0 Å². The van der Waals surface area contributed by atoms with Crippen LogP contribution in [0.25, 0.3) is 0 Å². The molecule has 0 heterocycles. The van der Waals surface area contributed by atoms with Crippen LogP contribution in [-0.4, -0.2) is 40.6 Å². The molecule has 0 aliphatic heterocycles. The molecule has 6 heteroatoms. The summed E-state index contributed by atoms with van der Waals surface area (Å²) in [6.07, 6.45) is 0.731. The van der Waals surface area contributed by atoms with Crippen molar-refractivity contribution in [1.29, 1.82) is 0 Å². The molecule has 0 radical (unpaired) electrons. The molecule has 0 aromatic heterocycles. The first kappa shape index (κ1) is 18.1. The van der Waals surface area contributed by atoms with E-state index < -0.39 is 13.7 Å². The fourth-order valence-electron chi connectivity index (χ4n) is 1.26. The Kier molecular flexibility index (Phi) is 7.29. The Morgan fingerprint density at radius 3 is 2.21 bits per heavy atom. The average molecular weight is 290 g/mol. The van der Waals surface area contributed by atoms with Gasteiger partial charge >= 0.3 is 11.9 Å². The topological polar surface area (TPSA) is 61.8 Å². The predicted molar refractivity (Wildman–Crippen MR) is 75.3 cm³/mol. The van der Waals surface area contributed by atoms with Crippen LogP contribution in [0.1, 0.15) is 27.2 Å². The van der Waals surface area contributed by atoms with Crippen LogP contribution in [0.3, 0.4) is 0 Å². The van der Waals surface area contributed by atoms with Gasteiger partial charge in [-0.1, -0.05) is 6.92 Å². The molecule has 0 atom stereocenters. The van der Waals surface area contributed by atoms with E-state index in [1.165, 1.54) is 7.11 Å². The highest BCUT2D eigenvalue weighted by atomic mass is 28.4. The number of carbonyl (C=O) groups is 2. The smallest absolute Gasteiger partial charge is 0.311 e. The lowest BCUT2D eigenvalue weighted by Crippen LogP contribution is -2.35. The zero-order valence-electron chi connectivity index (χ0n) is 12.9. The Morgan fingerprint density at radius 1 is 1.16 bits per heavy atom. The summed E-state index contributed by atoms with van der Waals surface area (Å²) in [6, 6.07) is 0.303. The number of ether oxygens (including phenoxy) is 2. The molecule has 19 heavy (non-hydrogen) atoms. The number of rotatable bonds is 8. The molecule has 112 valence electrons. The highest BCUT2D eigenvalue weighted by molar-refractivity contribution is 6.73. The van der Waals surface area contributed by atoms with E-state index in [-0.39, 0.29) is 18.5 Å². The van der Waals surface area contributed by atoms with Gasteiger partial charge in [-0.3, -0.25) is 9.59 Å². The highest BCUT2D eigenvalue weighted by Crippen LogP contribution is 2.21. The van der Waals surface area contributed by atoms with Crippen LogP contribution >= 0.6 is 0 Å². The second kappa shape index (κ2) is 7.64. The van der Waals surface area contributed by atoms with Gasteiger partial charge in [0, 0.05) is 0 Å². The van der Waals surface area contributed by atoms with Crippen molar-refractivity contribution in [3.8, 4) is 0 Å². The fourth-order valence-corrected chi connectivity index (χ4v) is 2.84. The van der Waals surface area contributed by atoms with Crippen molar-refractivity contribution >= 4 is 20.3 Å². The Morgan fingerprint density at radius 2 is 1.74 bits per heavy atom. The van der Waals surface area contributed by atoms with E-state index in [0.717, 1.165) is 6.42 Å². The minimum absolute atomic E-state index is 0.217. The van der Waals surface area contributed by atoms with Crippen molar-refractivity contribution in [2.45, 2.75) is 46.3 Å². The van der Waals surface area contributed by atoms with Crippen molar-refractivity contribution in [2.75, 3.05) is 20.3 Å². The van der Waals surface area contributed by atoms with E-state index in [1.54, 1.807) is 0 Å². The summed E-state index contributed by atoms with van der Waals surface area (Å²) in [5.74, 6) is -0.480. The maximum Gasteiger partial charge on any atom is 0.311 e. The van der Waals surface area contributed by atoms with E-state index in [4.69, 9.17) is 9.16 Å². The van der Waals surface area contributed by atoms with Crippen molar-refractivity contribution in [1.82, 2.24) is 0 Å². The SMILES string of the molecule is CCC(C)(C)C(=O)OCCO[Si](C)(C)CC(=O)OC. The molecule has 0 unspecified atom stereocenters. The van der Waals surface area contributed by atoms with Gasteiger partial charge in [0.05, 0.1) is 25.2 Å². The molecule has 0 fully saturated rings. The monoisotopic (exact) mass is 290 g/mol. The lowest BCUT2D eigenvalue weighted by molar-refractivity contribution is -0.155. The predicted octanol–water partition coefficient (Wildman–Crippen LogP) is 2.36. The minimum Gasteiger partial charge on any atom is -0.469 e. The van der Waals surface area contributed by atoms with Crippen molar-refractivity contribution in [2.24, 2.45) is 5.41 Å². The van der Waals surface area contributed by atoms with E-state index >= 15 is 0 Å². The van der Waals surface area contributed by atoms with Gasteiger partial charge in [0.1, 0.15) is 6.61 Å². The summed E-state index contributed by atoms with van der Waals surface area (Å²) in [7, 11) is -0.717. The first-order chi connectivity index (χ1) is 8.64. The van der Waals surface area contributed by atoms with Crippen LogP contribution in [0.4, 0.5) is 0 Å². The number of carbonyl (C=O) groups excluding carboxylic acids is 2. The highest BCUT2D eigenvalue weighted by Gasteiger charge is 2.29. The minimum atomic E-state index is -2.08. The number of hydrogen-bond donors (Lipinski definition) is 0. The van der Waals surface area contributed by atoms with Gasteiger partial charge in [-0.25, -0.2) is 0 Å². The summed E-state index contributed by atoms with van der Waals surface area (Å²) in [6.45, 7) is 10.1. The van der Waals surface area contributed by atoms with E-state index in [0.29, 0.717) is 12.7 Å². The molecule has 0 saturated carbocycles. The molecular formula is C13H26O5Si. The molecule has 0 bridgehead atoms. The number of methoxy groups -OCH3 is 1. The number of hydrogen-bond acceptors (Lipinski definition) is 5. The van der Waals surface area contributed by atoms with Crippen LogP contribution in [0.5, 0.6) is 0 Å². The van der Waals surface area contributed by atoms with Gasteiger partial charge in [-0.2, -0.15) is 0 Å². The van der Waals surface area contributed by atoms with E-state index in [2.05, 4.69) is 4.74 Å². The quantitative estimate of drug-likeness (QED) is 0.390. The van der Waals surface area contributed by atoms with Crippen LogP contribution in [0.15, 0.2) is 0 Å². The first-order valence-corrected chi connectivity index (χ1v) is 9.64. The third kappa shape index (κ3) is 7.32. The van der Waals surface area contributed by atoms with Crippen LogP contribution in [0, 0.1) is 5.41 Å². The van der Waals surface area contributed by atoms with Gasteiger partial charge in [0.25, 0.3) is 0 Å². The molecule has 0 aliphatic carbocycles. The molecule has 0 aromatic rings. The van der Waals surface area contributed by atoms with Gasteiger partial charge < -0.3 is 13.9 Å². The van der Waals surface area contributed by atoms with Crippen LogP contribution < -0.4 is 0 Å². The molecular weight excluding hydrogens is 264 g/mol. The second-order valence-corrected chi connectivity index (χ2v) is 9.90. The normalized spacial score (nSPS) is 12.1. The summed E-state index contributed by atoms with van der Waals surface area (Å²) >= 11 is 0. The zero-order valence-corrected chi connectivity index (χ0v) is 13.9. The lowest BCUT2D eigenvalue weighted by Gasteiger charge is -2.23. The standard InChI is InChI=1S/C13H26O5Si/c1-7-13(2,3)12(15)17-8-9-18-19(5,6)10-11(14)16-4/h7-10H2,1-6H3. The first-order valence-electron chi connectivity index (χ1n) is 6.52. The molecule has 0 rings (SSSR count). The Hall–Kier alpha value is -0.883. The van der Waals surface area contributed by atoms with Gasteiger partial charge in [0.15, 0.2) is 8.32 Å². The summed E-state index contributed by atoms with van der Waals surface area (Å²) in [5, 5.41) is 0. The zero-order chi connectivity index (χ0) is 15.1. The average Bonchev–Trinajstić information content (AvgIpc) is 2.33. The largest absolute Gasteiger partial charge is 0.469 e. The summed E-state index contributed by atoms with van der Waals surface area (Å²) < 4.78 is 15.4. The Balaban J connectivity index is 3.98. The fraction of sp³-hybridized carbons (Fsp3) is 0.846. The van der Waals surface area contributed by atoms with Crippen molar-refractivity contribution in [3.63, 3.8) is 0 Å². The molecule has 0 N–H and O–H groups in total. The Labute approximate surface area is 116 Å². The third-order valence-electron chi connectivity index (χ3n) is 3.04. The lowest BCUT2D eigenvalue weighted by atomic mass is 9.91. The van der Waals surface area contributed by atoms with E-state index in [1.807, 2.05) is 33.9 Å². The van der Waals surface area contributed by atoms with Gasteiger partial charge in [-0.15, -0.1) is 0 Å². The summed E-state index contributed by atoms with van der Waals surface area (Å²) in [5.41, 5.74) is -0.459. The maximum absolute atomic E-state index is 11.7. The molecule has 0 aromatic carbocycles. The molecule has 0 saturated heterocycles. The summed E-state index contributed by atoms with van der Waals surface area (Å²) in [4.78, 5) is 22.9. The van der Waals surface area contributed by atoms with Gasteiger partial charge in [0.2, 0.25) is 0 Å². The van der Waals surface area contributed by atoms with Gasteiger partial charge in [-0.05, 0) is 33.4 Å². The third-order valence-corrected chi connectivity index (χ3v) is 5.17. The van der Waals surface area contributed by atoms with E-state index in [9.17, 15) is 9.59 Å². The molecule has 5 nitrogen and oxygen atoms in total. The number of esters is 2. The van der Waals surface area contributed by atoms with Crippen LogP contribution in [0.2, 0.25) is 19.1 Å². The van der Waals surface area contributed by atoms with Crippen molar-refractivity contribution < 1.29 is 23.5 Å². The molecule has 0 aliphatic rings. The molecule has 0 spiro atoms. The molecule has 0 amide bonds. The second-order valence-electron chi connectivity index (χ2n) is 5.73. The maximum atomic E-state index is 11.7. The van der Waals surface area contributed by atoms with Crippen LogP contribution in [-0.2, 0) is 23.5 Å².